The number of hydrogen-bond acceptors (Lipinski definition) is 3. The lowest BCUT2D eigenvalue weighted by Crippen LogP contribution is -2.36. The third-order valence-corrected chi connectivity index (χ3v) is 4.75. The van der Waals surface area contributed by atoms with Crippen LogP contribution in [0.4, 0.5) is 0 Å². The molecule has 0 atom stereocenters. The van der Waals surface area contributed by atoms with Crippen molar-refractivity contribution in [2.24, 2.45) is 5.92 Å². The fraction of sp³-hybridized carbons (Fsp3) is 0.923. The van der Waals surface area contributed by atoms with Gasteiger partial charge in [-0.2, -0.15) is 11.8 Å². The van der Waals surface area contributed by atoms with E-state index in [9.17, 15) is 4.79 Å². The molecule has 18 heavy (non-hydrogen) atoms. The van der Waals surface area contributed by atoms with Gasteiger partial charge < -0.3 is 10.6 Å². The van der Waals surface area contributed by atoms with Crippen LogP contribution in [-0.4, -0.2) is 36.5 Å². The zero-order chi connectivity index (χ0) is 12.7. The van der Waals surface area contributed by atoms with Crippen molar-refractivity contribution in [3.8, 4) is 0 Å². The largest absolute Gasteiger partial charge is 0.355 e. The van der Waals surface area contributed by atoms with Crippen molar-refractivity contribution < 1.29 is 4.79 Å². The lowest BCUT2D eigenvalue weighted by Gasteiger charge is -2.24. The molecular formula is C13H27ClN2OS. The minimum atomic E-state index is 0. The number of hydrogen-bond donors (Lipinski definition) is 2. The molecule has 0 radical (unpaired) electrons. The van der Waals surface area contributed by atoms with Crippen LogP contribution >= 0.6 is 24.2 Å². The van der Waals surface area contributed by atoms with Crippen molar-refractivity contribution in [2.45, 2.75) is 44.3 Å². The molecule has 1 rings (SSSR count). The summed E-state index contributed by atoms with van der Waals surface area (Å²) in [6, 6.07) is 0. The van der Waals surface area contributed by atoms with E-state index in [0.29, 0.717) is 6.42 Å². The van der Waals surface area contributed by atoms with Gasteiger partial charge in [0, 0.05) is 17.7 Å². The number of piperidine rings is 1. The second-order valence-electron chi connectivity index (χ2n) is 5.47. The molecule has 0 bridgehead atoms. The average Bonchev–Trinajstić information content (AvgIpc) is 2.35. The summed E-state index contributed by atoms with van der Waals surface area (Å²) in [5.74, 6) is 0.959. The molecule has 108 valence electrons. The van der Waals surface area contributed by atoms with Gasteiger partial charge in [0.15, 0.2) is 0 Å². The summed E-state index contributed by atoms with van der Waals surface area (Å²) >= 11 is 1.79. The SMILES string of the molecule is CSC(C)(C)CNC(=O)CCC1CCNCC1.Cl. The Bertz CT molecular complexity index is 243. The van der Waals surface area contributed by atoms with Crippen molar-refractivity contribution in [3.05, 3.63) is 0 Å². The number of thioether (sulfide) groups is 1. The maximum atomic E-state index is 11.7. The highest BCUT2D eigenvalue weighted by molar-refractivity contribution is 7.99. The second kappa shape index (κ2) is 9.05. The molecule has 0 aromatic carbocycles. The first-order valence-corrected chi connectivity index (χ1v) is 7.78. The number of amides is 1. The van der Waals surface area contributed by atoms with Crippen LogP contribution in [0.1, 0.15) is 39.5 Å². The van der Waals surface area contributed by atoms with Gasteiger partial charge in [0.1, 0.15) is 0 Å². The van der Waals surface area contributed by atoms with E-state index in [1.54, 1.807) is 11.8 Å². The minimum Gasteiger partial charge on any atom is -0.355 e. The van der Waals surface area contributed by atoms with Crippen LogP contribution in [0, 0.1) is 5.92 Å². The molecule has 1 saturated heterocycles. The smallest absolute Gasteiger partial charge is 0.220 e. The van der Waals surface area contributed by atoms with E-state index in [0.717, 1.165) is 32.0 Å². The summed E-state index contributed by atoms with van der Waals surface area (Å²) in [5.41, 5.74) is 0. The molecule has 0 aromatic rings. The average molecular weight is 295 g/mol. The molecule has 1 heterocycles. The van der Waals surface area contributed by atoms with Gasteiger partial charge in [-0.15, -0.1) is 12.4 Å². The van der Waals surface area contributed by atoms with Crippen LogP contribution in [0.15, 0.2) is 0 Å². The highest BCUT2D eigenvalue weighted by atomic mass is 35.5. The van der Waals surface area contributed by atoms with E-state index < -0.39 is 0 Å². The Hall–Kier alpha value is 0.0700. The van der Waals surface area contributed by atoms with Crippen LogP contribution in [0.25, 0.3) is 0 Å². The normalized spacial score (nSPS) is 17.1. The molecule has 1 aliphatic rings. The summed E-state index contributed by atoms with van der Waals surface area (Å²) in [6.45, 7) is 7.31. The van der Waals surface area contributed by atoms with Crippen LogP contribution in [0.2, 0.25) is 0 Å². The number of rotatable bonds is 6. The van der Waals surface area contributed by atoms with E-state index in [1.165, 1.54) is 12.8 Å². The molecule has 0 aliphatic carbocycles. The van der Waals surface area contributed by atoms with E-state index >= 15 is 0 Å². The van der Waals surface area contributed by atoms with Crippen LogP contribution in [0.5, 0.6) is 0 Å². The van der Waals surface area contributed by atoms with Crippen molar-refractivity contribution in [2.75, 3.05) is 25.9 Å². The lowest BCUT2D eigenvalue weighted by molar-refractivity contribution is -0.121. The number of halogens is 1. The first-order valence-electron chi connectivity index (χ1n) is 6.56. The third-order valence-electron chi connectivity index (χ3n) is 3.50. The summed E-state index contributed by atoms with van der Waals surface area (Å²) in [4.78, 5) is 11.7. The van der Waals surface area contributed by atoms with Crippen molar-refractivity contribution in [3.63, 3.8) is 0 Å². The van der Waals surface area contributed by atoms with Gasteiger partial charge in [0.25, 0.3) is 0 Å². The van der Waals surface area contributed by atoms with Crippen LogP contribution in [-0.2, 0) is 4.79 Å². The van der Waals surface area contributed by atoms with Gasteiger partial charge in [0.2, 0.25) is 5.91 Å². The fourth-order valence-corrected chi connectivity index (χ4v) is 2.19. The Labute approximate surface area is 122 Å². The highest BCUT2D eigenvalue weighted by Crippen LogP contribution is 2.20. The number of nitrogens with one attached hydrogen (secondary N) is 2. The lowest BCUT2D eigenvalue weighted by atomic mass is 9.93. The zero-order valence-electron chi connectivity index (χ0n) is 11.8. The van der Waals surface area contributed by atoms with Gasteiger partial charge in [-0.1, -0.05) is 0 Å². The molecule has 1 amide bonds. The summed E-state index contributed by atoms with van der Waals surface area (Å²) in [6.07, 6.45) is 6.27. The van der Waals surface area contributed by atoms with Gasteiger partial charge in [0.05, 0.1) is 0 Å². The Morgan fingerprint density at radius 3 is 2.56 bits per heavy atom. The topological polar surface area (TPSA) is 41.1 Å². The molecule has 0 aromatic heterocycles. The van der Waals surface area contributed by atoms with Crippen LogP contribution < -0.4 is 10.6 Å². The van der Waals surface area contributed by atoms with Gasteiger partial charge in [-0.3, -0.25) is 4.79 Å². The second-order valence-corrected chi connectivity index (χ2v) is 6.99. The minimum absolute atomic E-state index is 0. The molecule has 0 spiro atoms. The standard InChI is InChI=1S/C13H26N2OS.ClH/c1-13(2,17-3)10-15-12(16)5-4-11-6-8-14-9-7-11;/h11,14H,4-10H2,1-3H3,(H,15,16);1H. The van der Waals surface area contributed by atoms with Gasteiger partial charge in [-0.05, 0) is 58.4 Å². The quantitative estimate of drug-likeness (QED) is 0.791. The summed E-state index contributed by atoms with van der Waals surface area (Å²) in [7, 11) is 0. The van der Waals surface area contributed by atoms with E-state index in [4.69, 9.17) is 0 Å². The number of carbonyl (C=O) groups is 1. The predicted molar refractivity (Wildman–Crippen MR) is 82.7 cm³/mol. The van der Waals surface area contributed by atoms with E-state index in [2.05, 4.69) is 30.7 Å². The Morgan fingerprint density at radius 1 is 1.39 bits per heavy atom. The fourth-order valence-electron chi connectivity index (χ4n) is 1.98. The van der Waals surface area contributed by atoms with Crippen molar-refractivity contribution >= 4 is 30.1 Å². The molecular weight excluding hydrogens is 268 g/mol. The molecule has 0 saturated carbocycles. The molecule has 3 nitrogen and oxygen atoms in total. The molecule has 5 heteroatoms. The Kier molecular flexibility index (Phi) is 9.09. The Balaban J connectivity index is 0.00000289. The molecule has 2 N–H and O–H groups in total. The van der Waals surface area contributed by atoms with Crippen molar-refractivity contribution in [1.82, 2.24) is 10.6 Å². The summed E-state index contributed by atoms with van der Waals surface area (Å²) < 4.78 is 0.143. The molecule has 1 aliphatic heterocycles. The van der Waals surface area contributed by atoms with Crippen LogP contribution in [0.3, 0.4) is 0 Å². The van der Waals surface area contributed by atoms with E-state index in [1.807, 2.05) is 0 Å². The first-order chi connectivity index (χ1) is 8.03. The third kappa shape index (κ3) is 7.49. The maximum absolute atomic E-state index is 11.7. The number of carbonyl (C=O) groups excluding carboxylic acids is 1. The molecule has 1 fully saturated rings. The predicted octanol–water partition coefficient (Wildman–Crippen LogP) is 2.45. The zero-order valence-corrected chi connectivity index (χ0v) is 13.4. The maximum Gasteiger partial charge on any atom is 0.220 e. The van der Waals surface area contributed by atoms with Gasteiger partial charge in [-0.25, -0.2) is 0 Å². The van der Waals surface area contributed by atoms with E-state index in [-0.39, 0.29) is 23.1 Å². The molecule has 0 unspecified atom stereocenters. The van der Waals surface area contributed by atoms with Crippen molar-refractivity contribution in [1.29, 1.82) is 0 Å². The summed E-state index contributed by atoms with van der Waals surface area (Å²) in [5, 5.41) is 6.39. The monoisotopic (exact) mass is 294 g/mol. The Morgan fingerprint density at radius 2 is 2.00 bits per heavy atom. The van der Waals surface area contributed by atoms with Gasteiger partial charge >= 0.3 is 0 Å². The first kappa shape index (κ1) is 18.1. The highest BCUT2D eigenvalue weighted by Gasteiger charge is 2.18.